The number of nitrogens with one attached hydrogen (secondary N) is 1. The second-order valence-electron chi connectivity index (χ2n) is 7.09. The van der Waals surface area contributed by atoms with E-state index in [0.717, 1.165) is 24.8 Å². The fourth-order valence-corrected chi connectivity index (χ4v) is 5.03. The number of amides is 1. The number of hydrogen-bond donors (Lipinski definition) is 1. The molecule has 0 atom stereocenters. The zero-order chi connectivity index (χ0) is 21.6. The third-order valence-corrected chi connectivity index (χ3v) is 6.92. The van der Waals surface area contributed by atoms with E-state index in [1.54, 1.807) is 46.8 Å². The van der Waals surface area contributed by atoms with Crippen molar-refractivity contribution in [3.63, 3.8) is 0 Å². The predicted octanol–water partition coefficient (Wildman–Crippen LogP) is 3.20. The van der Waals surface area contributed by atoms with Gasteiger partial charge in [-0.3, -0.25) is 4.79 Å². The minimum atomic E-state index is -3.50. The number of carbonyl (C=O) groups is 1. The Morgan fingerprint density at radius 2 is 1.83 bits per heavy atom. The number of benzene rings is 2. The molecule has 1 aliphatic heterocycles. The Morgan fingerprint density at radius 3 is 2.53 bits per heavy atom. The van der Waals surface area contributed by atoms with E-state index in [0.29, 0.717) is 36.8 Å². The lowest BCUT2D eigenvalue weighted by Gasteiger charge is -2.26. The van der Waals surface area contributed by atoms with Gasteiger partial charge >= 0.3 is 0 Å². The Balaban J connectivity index is 1.69. The highest BCUT2D eigenvalue weighted by molar-refractivity contribution is 7.89. The number of hydrogen-bond acceptors (Lipinski definition) is 5. The number of sulfonamides is 1. The Bertz CT molecular complexity index is 985. The van der Waals surface area contributed by atoms with Gasteiger partial charge < -0.3 is 14.8 Å². The van der Waals surface area contributed by atoms with E-state index < -0.39 is 10.0 Å². The summed E-state index contributed by atoms with van der Waals surface area (Å²) >= 11 is 0. The molecule has 1 aliphatic rings. The summed E-state index contributed by atoms with van der Waals surface area (Å²) in [7, 11) is -1.98. The van der Waals surface area contributed by atoms with Crippen molar-refractivity contribution in [2.75, 3.05) is 26.8 Å². The Morgan fingerprint density at radius 1 is 1.07 bits per heavy atom. The summed E-state index contributed by atoms with van der Waals surface area (Å²) in [4.78, 5) is 12.8. The number of rotatable bonds is 8. The standard InChI is InChI=1S/C22H28N2O5S/c1-3-29-20-11-10-18(15-21(20)28-2)22(25)23-16-17-8-7-9-19(14-17)30(26,27)24-12-5-4-6-13-24/h7-11,14-15H,3-6,12-13,16H2,1-2H3,(H,23,25). The normalized spacial score (nSPS) is 14.9. The molecule has 1 amide bonds. The van der Waals surface area contributed by atoms with Crippen LogP contribution in [0.3, 0.4) is 0 Å². The van der Waals surface area contributed by atoms with Crippen LogP contribution in [0.4, 0.5) is 0 Å². The molecule has 1 saturated heterocycles. The molecule has 0 radical (unpaired) electrons. The van der Waals surface area contributed by atoms with Gasteiger partial charge in [-0.25, -0.2) is 8.42 Å². The van der Waals surface area contributed by atoms with Gasteiger partial charge in [0.05, 0.1) is 18.6 Å². The second kappa shape index (κ2) is 9.95. The van der Waals surface area contributed by atoms with Gasteiger partial charge in [-0.15, -0.1) is 0 Å². The van der Waals surface area contributed by atoms with Crippen LogP contribution in [-0.4, -0.2) is 45.4 Å². The lowest BCUT2D eigenvalue weighted by molar-refractivity contribution is 0.0950. The Kier molecular flexibility index (Phi) is 7.33. The summed E-state index contributed by atoms with van der Waals surface area (Å²) in [5, 5.41) is 2.83. The van der Waals surface area contributed by atoms with Crippen LogP contribution in [0, 0.1) is 0 Å². The first-order valence-electron chi connectivity index (χ1n) is 10.1. The van der Waals surface area contributed by atoms with Crippen LogP contribution in [-0.2, 0) is 16.6 Å². The number of nitrogens with zero attached hydrogens (tertiary/aromatic N) is 1. The molecular formula is C22H28N2O5S. The Labute approximate surface area is 178 Å². The lowest BCUT2D eigenvalue weighted by Crippen LogP contribution is -2.35. The molecule has 2 aromatic rings. The summed E-state index contributed by atoms with van der Waals surface area (Å²) in [6.07, 6.45) is 2.84. The molecule has 8 heteroatoms. The molecule has 0 spiro atoms. The van der Waals surface area contributed by atoms with E-state index in [2.05, 4.69) is 5.32 Å². The maximum atomic E-state index is 12.9. The quantitative estimate of drug-likeness (QED) is 0.692. The number of piperidine rings is 1. The van der Waals surface area contributed by atoms with Crippen LogP contribution in [0.5, 0.6) is 11.5 Å². The van der Waals surface area contributed by atoms with Crippen molar-refractivity contribution in [3.05, 3.63) is 53.6 Å². The van der Waals surface area contributed by atoms with Crippen LogP contribution < -0.4 is 14.8 Å². The minimum absolute atomic E-state index is 0.220. The molecule has 0 saturated carbocycles. The molecule has 0 aromatic heterocycles. The predicted molar refractivity (Wildman–Crippen MR) is 114 cm³/mol. The average Bonchev–Trinajstić information content (AvgIpc) is 2.78. The first-order valence-corrected chi connectivity index (χ1v) is 11.6. The van der Waals surface area contributed by atoms with Crippen molar-refractivity contribution < 1.29 is 22.7 Å². The van der Waals surface area contributed by atoms with E-state index in [1.165, 1.54) is 7.11 Å². The van der Waals surface area contributed by atoms with Crippen LogP contribution in [0.1, 0.15) is 42.1 Å². The van der Waals surface area contributed by atoms with E-state index in [1.807, 2.05) is 6.92 Å². The highest BCUT2D eigenvalue weighted by atomic mass is 32.2. The van der Waals surface area contributed by atoms with E-state index >= 15 is 0 Å². The van der Waals surface area contributed by atoms with Crippen molar-refractivity contribution in [3.8, 4) is 11.5 Å². The highest BCUT2D eigenvalue weighted by Gasteiger charge is 2.26. The van der Waals surface area contributed by atoms with Crippen molar-refractivity contribution in [1.29, 1.82) is 0 Å². The molecule has 7 nitrogen and oxygen atoms in total. The van der Waals surface area contributed by atoms with Crippen molar-refractivity contribution in [1.82, 2.24) is 9.62 Å². The van der Waals surface area contributed by atoms with Gasteiger partial charge in [0, 0.05) is 25.2 Å². The van der Waals surface area contributed by atoms with Crippen LogP contribution in [0.2, 0.25) is 0 Å². The third-order valence-electron chi connectivity index (χ3n) is 5.03. The van der Waals surface area contributed by atoms with Crippen molar-refractivity contribution >= 4 is 15.9 Å². The average molecular weight is 433 g/mol. The molecule has 2 aromatic carbocycles. The summed E-state index contributed by atoms with van der Waals surface area (Å²) in [5.74, 6) is 0.784. The summed E-state index contributed by atoms with van der Waals surface area (Å²) in [6.45, 7) is 3.71. The van der Waals surface area contributed by atoms with Gasteiger partial charge in [0.1, 0.15) is 0 Å². The van der Waals surface area contributed by atoms with Crippen LogP contribution in [0.15, 0.2) is 47.4 Å². The zero-order valence-electron chi connectivity index (χ0n) is 17.4. The Hall–Kier alpha value is -2.58. The molecule has 3 rings (SSSR count). The summed E-state index contributed by atoms with van der Waals surface area (Å²) in [6, 6.07) is 11.7. The fraction of sp³-hybridized carbons (Fsp3) is 0.409. The maximum absolute atomic E-state index is 12.9. The second-order valence-corrected chi connectivity index (χ2v) is 9.03. The fourth-order valence-electron chi connectivity index (χ4n) is 3.44. The maximum Gasteiger partial charge on any atom is 0.251 e. The molecule has 0 aliphatic carbocycles. The van der Waals surface area contributed by atoms with E-state index in [4.69, 9.17) is 9.47 Å². The third kappa shape index (κ3) is 5.12. The smallest absolute Gasteiger partial charge is 0.251 e. The highest BCUT2D eigenvalue weighted by Crippen LogP contribution is 2.28. The molecule has 30 heavy (non-hydrogen) atoms. The van der Waals surface area contributed by atoms with Crippen LogP contribution in [0.25, 0.3) is 0 Å². The monoisotopic (exact) mass is 432 g/mol. The molecule has 1 heterocycles. The van der Waals surface area contributed by atoms with E-state index in [9.17, 15) is 13.2 Å². The zero-order valence-corrected chi connectivity index (χ0v) is 18.2. The molecule has 1 fully saturated rings. The molecule has 162 valence electrons. The number of carbonyl (C=O) groups excluding carboxylic acids is 1. The number of ether oxygens (including phenoxy) is 2. The first kappa shape index (κ1) is 22.1. The largest absolute Gasteiger partial charge is 0.493 e. The molecule has 0 unspecified atom stereocenters. The molecule has 1 N–H and O–H groups in total. The first-order chi connectivity index (χ1) is 14.5. The summed E-state index contributed by atoms with van der Waals surface area (Å²) < 4.78 is 38.0. The minimum Gasteiger partial charge on any atom is -0.493 e. The van der Waals surface area contributed by atoms with Crippen molar-refractivity contribution in [2.24, 2.45) is 0 Å². The van der Waals surface area contributed by atoms with Gasteiger partial charge in [0.15, 0.2) is 11.5 Å². The van der Waals surface area contributed by atoms with Gasteiger partial charge in [-0.05, 0) is 55.7 Å². The van der Waals surface area contributed by atoms with Gasteiger partial charge in [0.25, 0.3) is 5.91 Å². The van der Waals surface area contributed by atoms with Gasteiger partial charge in [-0.2, -0.15) is 4.31 Å². The molecule has 0 bridgehead atoms. The van der Waals surface area contributed by atoms with E-state index in [-0.39, 0.29) is 17.3 Å². The van der Waals surface area contributed by atoms with Crippen molar-refractivity contribution in [2.45, 2.75) is 37.6 Å². The van der Waals surface area contributed by atoms with Gasteiger partial charge in [-0.1, -0.05) is 18.6 Å². The number of methoxy groups -OCH3 is 1. The topological polar surface area (TPSA) is 84.9 Å². The molecular weight excluding hydrogens is 404 g/mol. The van der Waals surface area contributed by atoms with Gasteiger partial charge in [0.2, 0.25) is 10.0 Å². The SMILES string of the molecule is CCOc1ccc(C(=O)NCc2cccc(S(=O)(=O)N3CCCCC3)c2)cc1OC. The lowest BCUT2D eigenvalue weighted by atomic mass is 10.1. The van der Waals surface area contributed by atoms with Crippen LogP contribution >= 0.6 is 0 Å². The summed E-state index contributed by atoms with van der Waals surface area (Å²) in [5.41, 5.74) is 1.16.